The second-order valence-corrected chi connectivity index (χ2v) is 14.6. The number of nitrogens with one attached hydrogen (secondary N) is 2. The summed E-state index contributed by atoms with van der Waals surface area (Å²) in [6.07, 6.45) is 5.36. The maximum atomic E-state index is 12.7. The summed E-state index contributed by atoms with van der Waals surface area (Å²) < 4.78 is 5.59. The maximum absolute atomic E-state index is 12.7. The third kappa shape index (κ3) is 6.48. The largest absolute Gasteiger partial charge is 0.465 e. The van der Waals surface area contributed by atoms with Crippen LogP contribution >= 0.6 is 0 Å². The Morgan fingerprint density at radius 1 is 0.875 bits per heavy atom. The van der Waals surface area contributed by atoms with Crippen molar-refractivity contribution in [3.63, 3.8) is 0 Å². The van der Waals surface area contributed by atoms with Gasteiger partial charge in [0.25, 0.3) is 0 Å². The Morgan fingerprint density at radius 2 is 1.50 bits per heavy atom. The number of imidazole rings is 2. The van der Waals surface area contributed by atoms with Crippen molar-refractivity contribution in [3.8, 4) is 23.7 Å². The first-order chi connectivity index (χ1) is 22.7. The summed E-state index contributed by atoms with van der Waals surface area (Å²) in [5, 5.41) is 12.0. The number of hydrogen-bond acceptors (Lipinski definition) is 5. The van der Waals surface area contributed by atoms with E-state index in [0.717, 1.165) is 47.0 Å². The van der Waals surface area contributed by atoms with E-state index < -0.39 is 17.2 Å². The summed E-state index contributed by atoms with van der Waals surface area (Å²) in [5.74, 6) is 14.2. The number of likely N-dealkylation sites (tertiary alicyclic amines) is 2. The van der Waals surface area contributed by atoms with Gasteiger partial charge in [-0.05, 0) is 98.7 Å². The van der Waals surface area contributed by atoms with Crippen molar-refractivity contribution in [2.45, 2.75) is 84.4 Å². The molecule has 2 aromatic heterocycles. The second kappa shape index (κ2) is 12.4. The first kappa shape index (κ1) is 32.7. The first-order valence-corrected chi connectivity index (χ1v) is 16.4. The zero-order chi connectivity index (χ0) is 34.3. The van der Waals surface area contributed by atoms with Crippen LogP contribution in [0.2, 0.25) is 0 Å². The number of nitrogens with zero attached hydrogens (tertiary/aromatic N) is 4. The van der Waals surface area contributed by atoms with Gasteiger partial charge in [-0.1, -0.05) is 44.7 Å². The van der Waals surface area contributed by atoms with Crippen LogP contribution in [0.15, 0.2) is 48.8 Å². The van der Waals surface area contributed by atoms with Gasteiger partial charge in [0.15, 0.2) is 0 Å². The highest BCUT2D eigenvalue weighted by Gasteiger charge is 2.55. The van der Waals surface area contributed by atoms with Gasteiger partial charge in [0.2, 0.25) is 0 Å². The number of rotatable bonds is 2. The minimum atomic E-state index is -0.931. The van der Waals surface area contributed by atoms with Crippen molar-refractivity contribution in [2.75, 3.05) is 13.1 Å². The summed E-state index contributed by atoms with van der Waals surface area (Å²) in [7, 11) is 0. The molecule has 2 fully saturated rings. The smallest absolute Gasteiger partial charge is 0.410 e. The molecule has 2 aromatic carbocycles. The normalized spacial score (nSPS) is 19.5. The van der Waals surface area contributed by atoms with Crippen LogP contribution in [0, 0.1) is 29.1 Å². The number of carboxylic acid groups (broad SMARTS) is 1. The number of hydrogen-bond donors (Lipinski definition) is 3. The molecule has 0 unspecified atom stereocenters. The number of H-pyrrole nitrogens is 2. The Kier molecular flexibility index (Phi) is 8.47. The first-order valence-electron chi connectivity index (χ1n) is 16.4. The molecule has 2 atom stereocenters. The number of carbonyl (C=O) groups excluding carboxylic acids is 1. The van der Waals surface area contributed by atoms with E-state index in [9.17, 15) is 14.7 Å². The number of aromatic amines is 2. The molecule has 4 heterocycles. The van der Waals surface area contributed by atoms with Gasteiger partial charge < -0.3 is 19.8 Å². The van der Waals surface area contributed by atoms with Gasteiger partial charge in [0.1, 0.15) is 34.2 Å². The highest BCUT2D eigenvalue weighted by molar-refractivity contribution is 5.85. The summed E-state index contributed by atoms with van der Waals surface area (Å²) >= 11 is 0. The lowest BCUT2D eigenvalue weighted by Gasteiger charge is -2.45. The molecule has 248 valence electrons. The lowest BCUT2D eigenvalue weighted by atomic mass is 9.71. The fraction of sp³-hybridized carbons (Fsp3) is 0.421. The van der Waals surface area contributed by atoms with Crippen LogP contribution in [-0.4, -0.2) is 65.7 Å². The van der Waals surface area contributed by atoms with Gasteiger partial charge in [-0.15, -0.1) is 0 Å². The van der Waals surface area contributed by atoms with E-state index in [4.69, 9.17) is 4.74 Å². The SMILES string of the molecule is CC(C)(C)OC(=O)N1CCC[C@H]1c1ncc(C#Cc2ccc3cc(C#Cc4cnc([C@@]5(C(C)(C)C)CCCN5C(=O)O)[nH]4)ccc3c2)[nH]1. The molecule has 10 heteroatoms. The molecule has 0 saturated carbocycles. The Morgan fingerprint density at radius 3 is 2.10 bits per heavy atom. The molecule has 6 rings (SSSR count). The quantitative estimate of drug-likeness (QED) is 0.198. The van der Waals surface area contributed by atoms with E-state index in [1.54, 1.807) is 17.3 Å². The predicted octanol–water partition coefficient (Wildman–Crippen LogP) is 7.17. The molecule has 2 saturated heterocycles. The molecule has 3 N–H and O–H groups in total. The van der Waals surface area contributed by atoms with Crippen LogP contribution in [0.1, 0.15) is 107 Å². The van der Waals surface area contributed by atoms with Crippen LogP contribution in [0.3, 0.4) is 0 Å². The molecular weight excluding hydrogens is 604 g/mol. The lowest BCUT2D eigenvalue weighted by Crippen LogP contribution is -2.53. The van der Waals surface area contributed by atoms with E-state index in [1.807, 2.05) is 57.2 Å². The van der Waals surface area contributed by atoms with E-state index in [0.29, 0.717) is 36.7 Å². The molecule has 10 nitrogen and oxygen atoms in total. The van der Waals surface area contributed by atoms with Gasteiger partial charge in [0, 0.05) is 24.2 Å². The number of fused-ring (bicyclic) bond motifs is 1. The molecule has 2 amide bonds. The van der Waals surface area contributed by atoms with Gasteiger partial charge >= 0.3 is 12.2 Å². The predicted molar refractivity (Wildman–Crippen MR) is 183 cm³/mol. The zero-order valence-corrected chi connectivity index (χ0v) is 28.4. The molecule has 0 spiro atoms. The van der Waals surface area contributed by atoms with Crippen molar-refractivity contribution in [1.82, 2.24) is 29.7 Å². The van der Waals surface area contributed by atoms with Crippen LogP contribution in [-0.2, 0) is 10.3 Å². The maximum Gasteiger partial charge on any atom is 0.410 e. The fourth-order valence-corrected chi connectivity index (χ4v) is 6.89. The molecule has 0 bridgehead atoms. The summed E-state index contributed by atoms with van der Waals surface area (Å²) in [6, 6.07) is 11.9. The third-order valence-electron chi connectivity index (χ3n) is 9.14. The number of carbonyl (C=O) groups is 2. The average molecular weight is 647 g/mol. The minimum absolute atomic E-state index is 0.154. The van der Waals surface area contributed by atoms with Gasteiger partial charge in [-0.25, -0.2) is 19.6 Å². The standard InChI is InChI=1S/C38H42N6O4/c1-36(2,3)38(18-8-20-44(38)34(45)46)33-40-24-30(42-33)17-13-26-11-15-27-21-25(10-14-28(27)22-26)12-16-29-23-39-32(41-29)31-9-7-19-43(31)35(47)48-37(4,5)6/h10-11,14-15,21-24,31H,7-9,18-20H2,1-6H3,(H,39,41)(H,40,42)(H,45,46)/t31-,38+/m0/s1. The number of aromatic nitrogens is 4. The van der Waals surface area contributed by atoms with Crippen molar-refractivity contribution < 1.29 is 19.4 Å². The van der Waals surface area contributed by atoms with Crippen LogP contribution in [0.4, 0.5) is 9.59 Å². The summed E-state index contributed by atoms with van der Waals surface area (Å²) in [5.41, 5.74) is 1.41. The highest BCUT2D eigenvalue weighted by atomic mass is 16.6. The highest BCUT2D eigenvalue weighted by Crippen LogP contribution is 2.50. The van der Waals surface area contributed by atoms with Gasteiger partial charge in [0.05, 0.1) is 18.4 Å². The number of benzene rings is 2. The third-order valence-corrected chi connectivity index (χ3v) is 9.14. The van der Waals surface area contributed by atoms with Crippen molar-refractivity contribution in [2.24, 2.45) is 5.41 Å². The molecule has 0 radical (unpaired) electrons. The minimum Gasteiger partial charge on any atom is -0.465 e. The topological polar surface area (TPSA) is 127 Å². The van der Waals surface area contributed by atoms with Crippen LogP contribution < -0.4 is 0 Å². The van der Waals surface area contributed by atoms with E-state index in [-0.39, 0.29) is 17.6 Å². The molecule has 4 aromatic rings. The Bertz CT molecular complexity index is 1990. The molecule has 48 heavy (non-hydrogen) atoms. The number of amides is 2. The molecule has 2 aliphatic heterocycles. The van der Waals surface area contributed by atoms with Crippen molar-refractivity contribution >= 4 is 23.0 Å². The average Bonchev–Trinajstić information content (AvgIpc) is 3.83. The Balaban J connectivity index is 1.16. The Labute approximate surface area is 281 Å². The zero-order valence-electron chi connectivity index (χ0n) is 28.4. The van der Waals surface area contributed by atoms with Gasteiger partial charge in [-0.3, -0.25) is 9.80 Å². The van der Waals surface area contributed by atoms with Crippen molar-refractivity contribution in [1.29, 1.82) is 0 Å². The lowest BCUT2D eigenvalue weighted by molar-refractivity contribution is 0.0213. The molecule has 2 aliphatic rings. The fourth-order valence-electron chi connectivity index (χ4n) is 6.89. The number of ether oxygens (including phenoxy) is 1. The van der Waals surface area contributed by atoms with E-state index in [2.05, 4.69) is 64.4 Å². The second-order valence-electron chi connectivity index (χ2n) is 14.6. The van der Waals surface area contributed by atoms with E-state index in [1.165, 1.54) is 4.90 Å². The van der Waals surface area contributed by atoms with E-state index >= 15 is 0 Å². The van der Waals surface area contributed by atoms with Gasteiger partial charge in [-0.2, -0.15) is 0 Å². The van der Waals surface area contributed by atoms with Crippen LogP contribution in [0.5, 0.6) is 0 Å². The monoisotopic (exact) mass is 646 g/mol. The molecule has 0 aliphatic carbocycles. The van der Waals surface area contributed by atoms with Crippen molar-refractivity contribution in [3.05, 3.63) is 83.0 Å². The Hall–Kier alpha value is -5.22. The summed E-state index contributed by atoms with van der Waals surface area (Å²) in [4.78, 5) is 43.9. The molecular formula is C38H42N6O4. The van der Waals surface area contributed by atoms with Crippen LogP contribution in [0.25, 0.3) is 10.8 Å². The summed E-state index contributed by atoms with van der Waals surface area (Å²) in [6.45, 7) is 12.9.